The predicted molar refractivity (Wildman–Crippen MR) is 61.4 cm³/mol. The molecule has 1 saturated carbocycles. The summed E-state index contributed by atoms with van der Waals surface area (Å²) in [5.74, 6) is 2.09. The summed E-state index contributed by atoms with van der Waals surface area (Å²) >= 11 is 0. The van der Waals surface area contributed by atoms with Gasteiger partial charge in [-0.25, -0.2) is 0 Å². The molecular weight excluding hydrogens is 170 g/mol. The molecule has 1 aliphatic heterocycles. The van der Waals surface area contributed by atoms with E-state index in [2.05, 4.69) is 18.7 Å². The van der Waals surface area contributed by atoms with Crippen molar-refractivity contribution in [2.75, 3.05) is 13.1 Å². The van der Waals surface area contributed by atoms with Crippen molar-refractivity contribution in [1.29, 1.82) is 0 Å². The van der Waals surface area contributed by atoms with Crippen molar-refractivity contribution in [1.82, 2.24) is 4.90 Å². The van der Waals surface area contributed by atoms with Crippen LogP contribution in [0.4, 0.5) is 0 Å². The van der Waals surface area contributed by atoms with E-state index in [9.17, 15) is 0 Å². The normalized spacial score (nSPS) is 39.4. The van der Waals surface area contributed by atoms with Gasteiger partial charge in [0.25, 0.3) is 0 Å². The summed E-state index contributed by atoms with van der Waals surface area (Å²) in [6.45, 7) is 7.34. The number of likely N-dealkylation sites (tertiary alicyclic amines) is 1. The zero-order valence-electron chi connectivity index (χ0n) is 9.84. The molecule has 2 rings (SSSR count). The standard InChI is InChI=1S/C13H25N/c1-3-11-7-8-13-12(10-11)6-5-9-14(13)4-2/h11-13H,3-10H2,1-2H3. The quantitative estimate of drug-likeness (QED) is 0.653. The summed E-state index contributed by atoms with van der Waals surface area (Å²) in [5, 5.41) is 0. The molecule has 82 valence electrons. The van der Waals surface area contributed by atoms with Crippen LogP contribution >= 0.6 is 0 Å². The van der Waals surface area contributed by atoms with Gasteiger partial charge in [-0.15, -0.1) is 0 Å². The highest BCUT2D eigenvalue weighted by atomic mass is 15.2. The number of rotatable bonds is 2. The molecular formula is C13H25N. The maximum absolute atomic E-state index is 2.74. The second kappa shape index (κ2) is 4.65. The van der Waals surface area contributed by atoms with Crippen molar-refractivity contribution in [3.8, 4) is 0 Å². The van der Waals surface area contributed by atoms with Gasteiger partial charge in [0.15, 0.2) is 0 Å². The third kappa shape index (κ3) is 1.98. The van der Waals surface area contributed by atoms with Gasteiger partial charge in [-0.05, 0) is 57.0 Å². The minimum absolute atomic E-state index is 0.955. The van der Waals surface area contributed by atoms with E-state index >= 15 is 0 Å². The largest absolute Gasteiger partial charge is 0.300 e. The Morgan fingerprint density at radius 2 is 2.00 bits per heavy atom. The molecule has 1 aliphatic carbocycles. The van der Waals surface area contributed by atoms with Gasteiger partial charge in [0.1, 0.15) is 0 Å². The lowest BCUT2D eigenvalue weighted by Crippen LogP contribution is -2.47. The first-order valence-corrected chi connectivity index (χ1v) is 6.59. The molecule has 1 heterocycles. The first kappa shape index (κ1) is 10.5. The Morgan fingerprint density at radius 1 is 1.14 bits per heavy atom. The average molecular weight is 195 g/mol. The lowest BCUT2D eigenvalue weighted by Gasteiger charge is -2.46. The van der Waals surface area contributed by atoms with Crippen LogP contribution in [0.2, 0.25) is 0 Å². The van der Waals surface area contributed by atoms with Crippen molar-refractivity contribution in [3.05, 3.63) is 0 Å². The van der Waals surface area contributed by atoms with Crippen LogP contribution in [0.5, 0.6) is 0 Å². The Kier molecular flexibility index (Phi) is 3.48. The van der Waals surface area contributed by atoms with Crippen LogP contribution in [0.3, 0.4) is 0 Å². The van der Waals surface area contributed by atoms with Gasteiger partial charge in [-0.3, -0.25) is 0 Å². The van der Waals surface area contributed by atoms with Gasteiger partial charge in [0, 0.05) is 6.04 Å². The summed E-state index contributed by atoms with van der Waals surface area (Å²) in [5.41, 5.74) is 0. The van der Waals surface area contributed by atoms with Crippen LogP contribution in [0.25, 0.3) is 0 Å². The number of hydrogen-bond donors (Lipinski definition) is 0. The molecule has 0 aromatic heterocycles. The summed E-state index contributed by atoms with van der Waals surface area (Å²) < 4.78 is 0. The zero-order chi connectivity index (χ0) is 9.97. The molecule has 2 aliphatic rings. The highest BCUT2D eigenvalue weighted by Crippen LogP contribution is 2.38. The lowest BCUT2D eigenvalue weighted by molar-refractivity contribution is 0.0452. The number of piperidine rings is 1. The van der Waals surface area contributed by atoms with Crippen molar-refractivity contribution in [2.24, 2.45) is 11.8 Å². The molecule has 1 heteroatoms. The second-order valence-corrected chi connectivity index (χ2v) is 5.19. The van der Waals surface area contributed by atoms with Crippen molar-refractivity contribution < 1.29 is 0 Å². The van der Waals surface area contributed by atoms with E-state index in [1.165, 1.54) is 51.6 Å². The summed E-state index contributed by atoms with van der Waals surface area (Å²) in [6.07, 6.45) is 8.88. The maximum Gasteiger partial charge on any atom is 0.0124 e. The molecule has 1 nitrogen and oxygen atoms in total. The van der Waals surface area contributed by atoms with Crippen LogP contribution < -0.4 is 0 Å². The SMILES string of the molecule is CCC1CCC2C(CCCN2CC)C1. The van der Waals surface area contributed by atoms with Crippen LogP contribution in [0.15, 0.2) is 0 Å². The zero-order valence-corrected chi connectivity index (χ0v) is 9.84. The monoisotopic (exact) mass is 195 g/mol. The van der Waals surface area contributed by atoms with Crippen LogP contribution in [0.1, 0.15) is 52.4 Å². The molecule has 0 spiro atoms. The van der Waals surface area contributed by atoms with Gasteiger partial charge in [-0.1, -0.05) is 20.3 Å². The fourth-order valence-corrected chi connectivity index (χ4v) is 3.62. The van der Waals surface area contributed by atoms with E-state index in [-0.39, 0.29) is 0 Å². The second-order valence-electron chi connectivity index (χ2n) is 5.19. The first-order chi connectivity index (χ1) is 6.85. The molecule has 0 N–H and O–H groups in total. The van der Waals surface area contributed by atoms with Gasteiger partial charge in [-0.2, -0.15) is 0 Å². The minimum atomic E-state index is 0.955. The predicted octanol–water partition coefficient (Wildman–Crippen LogP) is 3.30. The van der Waals surface area contributed by atoms with Crippen LogP contribution in [-0.2, 0) is 0 Å². The molecule has 14 heavy (non-hydrogen) atoms. The third-order valence-electron chi connectivity index (χ3n) is 4.52. The van der Waals surface area contributed by atoms with Crippen LogP contribution in [0, 0.1) is 11.8 Å². The van der Waals surface area contributed by atoms with E-state index < -0.39 is 0 Å². The van der Waals surface area contributed by atoms with Gasteiger partial charge in [0.2, 0.25) is 0 Å². The first-order valence-electron chi connectivity index (χ1n) is 6.59. The lowest BCUT2D eigenvalue weighted by atomic mass is 9.73. The van der Waals surface area contributed by atoms with Gasteiger partial charge in [0.05, 0.1) is 0 Å². The number of fused-ring (bicyclic) bond motifs is 1. The fourth-order valence-electron chi connectivity index (χ4n) is 3.62. The fraction of sp³-hybridized carbons (Fsp3) is 1.00. The van der Waals surface area contributed by atoms with E-state index in [1.807, 2.05) is 0 Å². The Balaban J connectivity index is 1.96. The van der Waals surface area contributed by atoms with E-state index in [1.54, 1.807) is 0 Å². The molecule has 3 unspecified atom stereocenters. The highest BCUT2D eigenvalue weighted by molar-refractivity contribution is 4.89. The Bertz CT molecular complexity index is 178. The molecule has 0 aromatic rings. The van der Waals surface area contributed by atoms with Crippen molar-refractivity contribution >= 4 is 0 Å². The van der Waals surface area contributed by atoms with Gasteiger partial charge >= 0.3 is 0 Å². The smallest absolute Gasteiger partial charge is 0.0124 e. The summed E-state index contributed by atoms with van der Waals surface area (Å²) in [4.78, 5) is 2.74. The van der Waals surface area contributed by atoms with E-state index in [4.69, 9.17) is 0 Å². The Labute approximate surface area is 88.9 Å². The topological polar surface area (TPSA) is 3.24 Å². The Hall–Kier alpha value is -0.0400. The molecule has 0 bridgehead atoms. The average Bonchev–Trinajstić information content (AvgIpc) is 2.27. The Morgan fingerprint density at radius 3 is 2.71 bits per heavy atom. The molecule has 0 amide bonds. The third-order valence-corrected chi connectivity index (χ3v) is 4.52. The molecule has 2 fully saturated rings. The van der Waals surface area contributed by atoms with Crippen LogP contribution in [-0.4, -0.2) is 24.0 Å². The summed E-state index contributed by atoms with van der Waals surface area (Å²) in [7, 11) is 0. The minimum Gasteiger partial charge on any atom is -0.300 e. The van der Waals surface area contributed by atoms with Crippen molar-refractivity contribution in [3.63, 3.8) is 0 Å². The molecule has 3 atom stereocenters. The molecule has 1 saturated heterocycles. The molecule has 0 radical (unpaired) electrons. The maximum atomic E-state index is 2.74. The van der Waals surface area contributed by atoms with Gasteiger partial charge < -0.3 is 4.90 Å². The number of hydrogen-bond acceptors (Lipinski definition) is 1. The van der Waals surface area contributed by atoms with Crippen molar-refractivity contribution in [2.45, 2.75) is 58.4 Å². The van der Waals surface area contributed by atoms with E-state index in [0.29, 0.717) is 0 Å². The highest BCUT2D eigenvalue weighted by Gasteiger charge is 2.35. The number of nitrogens with zero attached hydrogens (tertiary/aromatic N) is 1. The van der Waals surface area contributed by atoms with E-state index in [0.717, 1.165) is 17.9 Å². The summed E-state index contributed by atoms with van der Waals surface area (Å²) in [6, 6.07) is 0.955. The molecule has 0 aromatic carbocycles.